The van der Waals surface area contributed by atoms with Crippen LogP contribution in [-0.4, -0.2) is 46.6 Å². The van der Waals surface area contributed by atoms with Gasteiger partial charge in [0.1, 0.15) is 12.1 Å². The van der Waals surface area contributed by atoms with Crippen LogP contribution in [0.25, 0.3) is 10.9 Å². The highest BCUT2D eigenvalue weighted by Crippen LogP contribution is 2.19. The van der Waals surface area contributed by atoms with Crippen molar-refractivity contribution in [3.05, 3.63) is 36.0 Å². The third kappa shape index (κ3) is 6.90. The molecule has 2 rings (SSSR count). The van der Waals surface area contributed by atoms with E-state index in [4.69, 9.17) is 15.6 Å². The van der Waals surface area contributed by atoms with Gasteiger partial charge in [-0.1, -0.05) is 38.0 Å². The van der Waals surface area contributed by atoms with Gasteiger partial charge in [-0.25, -0.2) is 4.79 Å². The number of rotatable bonds is 12. The van der Waals surface area contributed by atoms with Gasteiger partial charge in [-0.2, -0.15) is 0 Å². The molecule has 0 aliphatic rings. The number of carboxylic acid groups (broad SMARTS) is 1. The first kappa shape index (κ1) is 22.4. The lowest BCUT2D eigenvalue weighted by molar-refractivity contribution is -0.148. The summed E-state index contributed by atoms with van der Waals surface area (Å²) >= 11 is 0. The van der Waals surface area contributed by atoms with Crippen LogP contribution in [0, 0.1) is 0 Å². The number of unbranched alkanes of at least 4 members (excludes halogenated alkanes) is 2. The average Bonchev–Trinajstić information content (AvgIpc) is 3.11. The number of benzene rings is 1. The van der Waals surface area contributed by atoms with Crippen molar-refractivity contribution in [1.82, 2.24) is 10.3 Å². The van der Waals surface area contributed by atoms with Crippen LogP contribution in [0.2, 0.25) is 0 Å². The van der Waals surface area contributed by atoms with Crippen LogP contribution in [0.1, 0.15) is 44.6 Å². The molecule has 0 saturated carbocycles. The number of carbonyl (C=O) groups is 3. The second-order valence-electron chi connectivity index (χ2n) is 7.04. The molecule has 0 aliphatic carbocycles. The van der Waals surface area contributed by atoms with E-state index in [1.54, 1.807) is 0 Å². The third-order valence-corrected chi connectivity index (χ3v) is 4.71. The van der Waals surface area contributed by atoms with Crippen LogP contribution in [0.3, 0.4) is 0 Å². The predicted molar refractivity (Wildman–Crippen MR) is 109 cm³/mol. The van der Waals surface area contributed by atoms with Gasteiger partial charge in [0.05, 0.1) is 6.61 Å². The highest BCUT2D eigenvalue weighted by atomic mass is 16.5. The van der Waals surface area contributed by atoms with Crippen molar-refractivity contribution in [2.45, 2.75) is 57.5 Å². The molecule has 1 amide bonds. The van der Waals surface area contributed by atoms with E-state index in [9.17, 15) is 14.4 Å². The molecule has 0 radical (unpaired) electrons. The van der Waals surface area contributed by atoms with E-state index in [-0.39, 0.29) is 19.3 Å². The molecule has 5 N–H and O–H groups in total. The number of nitrogens with one attached hydrogen (secondary N) is 2. The number of aromatic nitrogens is 1. The second kappa shape index (κ2) is 11.2. The molecule has 29 heavy (non-hydrogen) atoms. The minimum Gasteiger partial charge on any atom is -0.480 e. The Balaban J connectivity index is 2.05. The molecule has 158 valence electrons. The Bertz CT molecular complexity index is 833. The smallest absolute Gasteiger partial charge is 0.328 e. The molecule has 1 heterocycles. The number of esters is 1. The molecule has 1 aromatic heterocycles. The highest BCUT2D eigenvalue weighted by molar-refractivity contribution is 5.87. The predicted octanol–water partition coefficient (Wildman–Crippen LogP) is 2.12. The van der Waals surface area contributed by atoms with Crippen molar-refractivity contribution in [1.29, 1.82) is 0 Å². The first-order valence-corrected chi connectivity index (χ1v) is 9.91. The zero-order chi connectivity index (χ0) is 21.2. The molecular weight excluding hydrogens is 374 g/mol. The summed E-state index contributed by atoms with van der Waals surface area (Å²) in [4.78, 5) is 38.8. The van der Waals surface area contributed by atoms with Gasteiger partial charge in [-0.15, -0.1) is 0 Å². The SMILES string of the molecule is CCCCCOC(=O)[C@H](Cc1c[nH]c2ccccc12)NC(=O)CC[C@@H](N)C(=O)O. The van der Waals surface area contributed by atoms with Crippen LogP contribution < -0.4 is 11.1 Å². The van der Waals surface area contributed by atoms with Gasteiger partial charge >= 0.3 is 11.9 Å². The summed E-state index contributed by atoms with van der Waals surface area (Å²) in [5, 5.41) is 12.5. The topological polar surface area (TPSA) is 135 Å². The number of amides is 1. The van der Waals surface area contributed by atoms with Crippen molar-refractivity contribution >= 4 is 28.7 Å². The second-order valence-corrected chi connectivity index (χ2v) is 7.04. The lowest BCUT2D eigenvalue weighted by Crippen LogP contribution is -2.44. The Kier molecular flexibility index (Phi) is 8.67. The first-order valence-electron chi connectivity index (χ1n) is 9.91. The quantitative estimate of drug-likeness (QED) is 0.317. The van der Waals surface area contributed by atoms with Gasteiger partial charge in [0.25, 0.3) is 0 Å². The number of aromatic amines is 1. The molecule has 8 nitrogen and oxygen atoms in total. The lowest BCUT2D eigenvalue weighted by atomic mass is 10.0. The zero-order valence-electron chi connectivity index (χ0n) is 16.6. The number of carboxylic acids is 1. The number of H-pyrrole nitrogens is 1. The fourth-order valence-corrected chi connectivity index (χ4v) is 3.02. The number of ether oxygens (including phenoxy) is 1. The van der Waals surface area contributed by atoms with Gasteiger partial charge < -0.3 is 25.9 Å². The molecule has 8 heteroatoms. The summed E-state index contributed by atoms with van der Waals surface area (Å²) in [6.45, 7) is 2.36. The highest BCUT2D eigenvalue weighted by Gasteiger charge is 2.24. The van der Waals surface area contributed by atoms with Gasteiger partial charge in [0.15, 0.2) is 0 Å². The van der Waals surface area contributed by atoms with E-state index in [0.717, 1.165) is 35.7 Å². The summed E-state index contributed by atoms with van der Waals surface area (Å²) in [6.07, 6.45) is 4.73. The molecule has 0 spiro atoms. The molecule has 0 bridgehead atoms. The summed E-state index contributed by atoms with van der Waals surface area (Å²) < 4.78 is 5.35. The van der Waals surface area contributed by atoms with E-state index >= 15 is 0 Å². The number of hydrogen-bond donors (Lipinski definition) is 4. The van der Waals surface area contributed by atoms with Crippen LogP contribution in [-0.2, 0) is 25.5 Å². The van der Waals surface area contributed by atoms with Crippen LogP contribution in [0.15, 0.2) is 30.5 Å². The van der Waals surface area contributed by atoms with E-state index in [1.165, 1.54) is 0 Å². The molecule has 0 saturated heterocycles. The number of aliphatic carboxylic acids is 1. The van der Waals surface area contributed by atoms with Crippen molar-refractivity contribution in [3.63, 3.8) is 0 Å². The fourth-order valence-electron chi connectivity index (χ4n) is 3.02. The molecular formula is C21H29N3O5. The van der Waals surface area contributed by atoms with E-state index < -0.39 is 29.9 Å². The van der Waals surface area contributed by atoms with Gasteiger partial charge in [-0.3, -0.25) is 9.59 Å². The van der Waals surface area contributed by atoms with Crippen LogP contribution in [0.5, 0.6) is 0 Å². The fraction of sp³-hybridized carbons (Fsp3) is 0.476. The molecule has 1 aromatic carbocycles. The number of para-hydroxylation sites is 1. The number of carbonyl (C=O) groups excluding carboxylic acids is 2. The minimum absolute atomic E-state index is 0.00742. The van der Waals surface area contributed by atoms with Crippen LogP contribution >= 0.6 is 0 Å². The zero-order valence-corrected chi connectivity index (χ0v) is 16.6. The van der Waals surface area contributed by atoms with Gasteiger partial charge in [-0.05, 0) is 24.5 Å². The molecule has 2 atom stereocenters. The van der Waals surface area contributed by atoms with E-state index in [2.05, 4.69) is 17.2 Å². The maximum absolute atomic E-state index is 12.6. The van der Waals surface area contributed by atoms with Crippen molar-refractivity contribution in [2.75, 3.05) is 6.61 Å². The largest absolute Gasteiger partial charge is 0.480 e. The number of nitrogens with two attached hydrogens (primary N) is 1. The minimum atomic E-state index is -1.16. The Morgan fingerprint density at radius 1 is 1.24 bits per heavy atom. The maximum atomic E-state index is 12.6. The van der Waals surface area contributed by atoms with Crippen molar-refractivity contribution < 1.29 is 24.2 Å². The Labute approximate surface area is 169 Å². The van der Waals surface area contributed by atoms with Crippen molar-refractivity contribution in [2.24, 2.45) is 5.73 Å². The number of fused-ring (bicyclic) bond motifs is 1. The number of hydrogen-bond acceptors (Lipinski definition) is 5. The standard InChI is InChI=1S/C21H29N3O5/c1-2-3-6-11-29-21(28)18(24-19(25)10-9-16(22)20(26)27)12-14-13-23-17-8-5-4-7-15(14)17/h4-5,7-8,13,16,18,23H,2-3,6,9-12,22H2,1H3,(H,24,25)(H,26,27)/t16-,18+/m1/s1. The van der Waals surface area contributed by atoms with Crippen LogP contribution in [0.4, 0.5) is 0 Å². The van der Waals surface area contributed by atoms with Gasteiger partial charge in [0.2, 0.25) is 5.91 Å². The first-order chi connectivity index (χ1) is 13.9. The third-order valence-electron chi connectivity index (χ3n) is 4.71. The molecule has 2 aromatic rings. The van der Waals surface area contributed by atoms with Gasteiger partial charge in [0, 0.05) is 29.9 Å². The normalized spacial score (nSPS) is 13.0. The van der Waals surface area contributed by atoms with E-state index in [0.29, 0.717) is 6.61 Å². The average molecular weight is 403 g/mol. The lowest BCUT2D eigenvalue weighted by Gasteiger charge is -2.18. The molecule has 0 aliphatic heterocycles. The van der Waals surface area contributed by atoms with Crippen molar-refractivity contribution in [3.8, 4) is 0 Å². The Hall–Kier alpha value is -2.87. The Morgan fingerprint density at radius 2 is 2.00 bits per heavy atom. The summed E-state index contributed by atoms with van der Waals surface area (Å²) in [6, 6.07) is 5.72. The summed E-state index contributed by atoms with van der Waals surface area (Å²) in [7, 11) is 0. The molecule has 0 unspecified atom stereocenters. The maximum Gasteiger partial charge on any atom is 0.328 e. The Morgan fingerprint density at radius 3 is 2.72 bits per heavy atom. The van der Waals surface area contributed by atoms with E-state index in [1.807, 2.05) is 30.5 Å². The summed E-state index contributed by atoms with van der Waals surface area (Å²) in [5.41, 5.74) is 7.27. The monoisotopic (exact) mass is 403 g/mol. The molecule has 0 fully saturated rings. The summed E-state index contributed by atoms with van der Waals surface area (Å²) in [5.74, 6) is -2.09.